The molecule has 0 amide bonds. The van der Waals surface area contributed by atoms with Gasteiger partial charge in [-0.1, -0.05) is 13.8 Å². The molecular formula is C14H25N5. The summed E-state index contributed by atoms with van der Waals surface area (Å²) in [5, 5.41) is 0. The van der Waals surface area contributed by atoms with E-state index >= 15 is 0 Å². The maximum Gasteiger partial charge on any atom is 0.148 e. The summed E-state index contributed by atoms with van der Waals surface area (Å²) in [6.07, 6.45) is 4.41. The van der Waals surface area contributed by atoms with Crippen LogP contribution in [0.5, 0.6) is 0 Å². The molecule has 1 saturated heterocycles. The van der Waals surface area contributed by atoms with Crippen LogP contribution >= 0.6 is 0 Å². The Bertz CT molecular complexity index is 424. The van der Waals surface area contributed by atoms with Crippen LogP contribution in [0.2, 0.25) is 0 Å². The van der Waals surface area contributed by atoms with Crippen molar-refractivity contribution < 1.29 is 0 Å². The first-order chi connectivity index (χ1) is 9.15. The Morgan fingerprint density at radius 1 is 1.32 bits per heavy atom. The third kappa shape index (κ3) is 3.15. The molecule has 0 aromatic carbocycles. The molecular weight excluding hydrogens is 238 g/mol. The number of nitrogens with zero attached hydrogens (tertiary/aromatic N) is 3. The third-order valence-electron chi connectivity index (χ3n) is 3.86. The minimum Gasteiger partial charge on any atom is -0.356 e. The number of nitrogens with one attached hydrogen (secondary N) is 1. The number of aryl methyl sites for hydroxylation is 1. The standard InChI is InChI=1S/C14H25N5/c1-4-5-12-16-13(18-15)11(3)14(17-12)19-8-6-10(2)7-9-19/h10H,4-9,15H2,1-3H3,(H,16,17,18). The molecule has 0 spiro atoms. The minimum atomic E-state index is 0.757. The molecule has 3 N–H and O–H groups in total. The molecule has 0 bridgehead atoms. The van der Waals surface area contributed by atoms with Crippen LogP contribution in [-0.2, 0) is 6.42 Å². The summed E-state index contributed by atoms with van der Waals surface area (Å²) in [6, 6.07) is 0. The highest BCUT2D eigenvalue weighted by atomic mass is 15.3. The number of rotatable bonds is 4. The average molecular weight is 263 g/mol. The molecule has 1 aromatic rings. The lowest BCUT2D eigenvalue weighted by molar-refractivity contribution is 0.436. The summed E-state index contributed by atoms with van der Waals surface area (Å²) in [6.45, 7) is 8.65. The monoisotopic (exact) mass is 263 g/mol. The van der Waals surface area contributed by atoms with Crippen molar-refractivity contribution in [1.29, 1.82) is 0 Å². The predicted octanol–water partition coefficient (Wildman–Crippen LogP) is 2.26. The lowest BCUT2D eigenvalue weighted by Crippen LogP contribution is -2.34. The summed E-state index contributed by atoms with van der Waals surface area (Å²) < 4.78 is 0. The SMILES string of the molecule is CCCc1nc(NN)c(C)c(N2CCC(C)CC2)n1. The van der Waals surface area contributed by atoms with Gasteiger partial charge in [0.05, 0.1) is 0 Å². The van der Waals surface area contributed by atoms with Crippen LogP contribution in [-0.4, -0.2) is 23.1 Å². The lowest BCUT2D eigenvalue weighted by Gasteiger charge is -2.32. The Balaban J connectivity index is 2.29. The van der Waals surface area contributed by atoms with E-state index in [0.717, 1.165) is 54.9 Å². The van der Waals surface area contributed by atoms with Crippen molar-refractivity contribution in [3.05, 3.63) is 11.4 Å². The smallest absolute Gasteiger partial charge is 0.148 e. The minimum absolute atomic E-state index is 0.757. The fourth-order valence-electron chi connectivity index (χ4n) is 2.55. The van der Waals surface area contributed by atoms with Gasteiger partial charge in [0, 0.05) is 25.1 Å². The zero-order valence-corrected chi connectivity index (χ0v) is 12.2. The Morgan fingerprint density at radius 2 is 2.00 bits per heavy atom. The van der Waals surface area contributed by atoms with Crippen molar-refractivity contribution in [2.24, 2.45) is 11.8 Å². The maximum absolute atomic E-state index is 5.58. The lowest BCUT2D eigenvalue weighted by atomic mass is 9.99. The molecule has 0 unspecified atom stereocenters. The van der Waals surface area contributed by atoms with E-state index in [0.29, 0.717) is 0 Å². The molecule has 0 saturated carbocycles. The molecule has 1 aliphatic rings. The Morgan fingerprint density at radius 3 is 2.58 bits per heavy atom. The summed E-state index contributed by atoms with van der Waals surface area (Å²) in [4.78, 5) is 11.6. The van der Waals surface area contributed by atoms with Gasteiger partial charge in [-0.05, 0) is 32.1 Å². The van der Waals surface area contributed by atoms with E-state index < -0.39 is 0 Å². The zero-order chi connectivity index (χ0) is 13.8. The number of piperidine rings is 1. The van der Waals surface area contributed by atoms with Crippen LogP contribution in [0.25, 0.3) is 0 Å². The van der Waals surface area contributed by atoms with E-state index in [4.69, 9.17) is 10.8 Å². The normalized spacial score (nSPS) is 16.7. The van der Waals surface area contributed by atoms with Gasteiger partial charge in [0.25, 0.3) is 0 Å². The predicted molar refractivity (Wildman–Crippen MR) is 79.2 cm³/mol. The van der Waals surface area contributed by atoms with Crippen molar-refractivity contribution in [2.45, 2.75) is 46.5 Å². The highest BCUT2D eigenvalue weighted by Gasteiger charge is 2.20. The number of anilines is 2. The van der Waals surface area contributed by atoms with E-state index in [1.807, 2.05) is 6.92 Å². The van der Waals surface area contributed by atoms with Crippen LogP contribution in [0, 0.1) is 12.8 Å². The second-order valence-electron chi connectivity index (χ2n) is 5.50. The van der Waals surface area contributed by atoms with E-state index in [1.165, 1.54) is 12.8 Å². The topological polar surface area (TPSA) is 67.1 Å². The molecule has 2 heterocycles. The van der Waals surface area contributed by atoms with Gasteiger partial charge in [0.15, 0.2) is 0 Å². The first-order valence-electron chi connectivity index (χ1n) is 7.24. The number of nitrogen functional groups attached to an aromatic ring is 1. The van der Waals surface area contributed by atoms with Gasteiger partial charge >= 0.3 is 0 Å². The van der Waals surface area contributed by atoms with Gasteiger partial charge in [-0.25, -0.2) is 15.8 Å². The Kier molecular flexibility index (Phi) is 4.58. The molecule has 19 heavy (non-hydrogen) atoms. The third-order valence-corrected chi connectivity index (χ3v) is 3.86. The maximum atomic E-state index is 5.58. The van der Waals surface area contributed by atoms with Crippen LogP contribution in [0.3, 0.4) is 0 Å². The number of hydrogen-bond donors (Lipinski definition) is 2. The first kappa shape index (κ1) is 14.1. The van der Waals surface area contributed by atoms with Crippen LogP contribution in [0.1, 0.15) is 44.5 Å². The van der Waals surface area contributed by atoms with Gasteiger partial charge < -0.3 is 10.3 Å². The Hall–Kier alpha value is -1.36. The molecule has 1 aromatic heterocycles. The molecule has 0 radical (unpaired) electrons. The van der Waals surface area contributed by atoms with Crippen LogP contribution < -0.4 is 16.2 Å². The van der Waals surface area contributed by atoms with Gasteiger partial charge in [-0.15, -0.1) is 0 Å². The van der Waals surface area contributed by atoms with E-state index in [1.54, 1.807) is 0 Å². The quantitative estimate of drug-likeness (QED) is 0.644. The second-order valence-corrected chi connectivity index (χ2v) is 5.50. The van der Waals surface area contributed by atoms with Crippen molar-refractivity contribution in [2.75, 3.05) is 23.4 Å². The second kappa shape index (κ2) is 6.19. The highest BCUT2D eigenvalue weighted by molar-refractivity contribution is 5.58. The van der Waals surface area contributed by atoms with Crippen molar-refractivity contribution in [3.63, 3.8) is 0 Å². The van der Waals surface area contributed by atoms with Crippen molar-refractivity contribution in [1.82, 2.24) is 9.97 Å². The molecule has 1 aliphatic heterocycles. The highest BCUT2D eigenvalue weighted by Crippen LogP contribution is 2.27. The van der Waals surface area contributed by atoms with E-state index in [-0.39, 0.29) is 0 Å². The number of nitrogens with two attached hydrogens (primary N) is 1. The Labute approximate surface area is 115 Å². The summed E-state index contributed by atoms with van der Waals surface area (Å²) >= 11 is 0. The fraction of sp³-hybridized carbons (Fsp3) is 0.714. The summed E-state index contributed by atoms with van der Waals surface area (Å²) in [5.41, 5.74) is 3.76. The van der Waals surface area contributed by atoms with Gasteiger partial charge in [-0.2, -0.15) is 0 Å². The zero-order valence-electron chi connectivity index (χ0n) is 12.2. The van der Waals surface area contributed by atoms with E-state index in [9.17, 15) is 0 Å². The molecule has 5 nitrogen and oxygen atoms in total. The van der Waals surface area contributed by atoms with Crippen LogP contribution in [0.15, 0.2) is 0 Å². The largest absolute Gasteiger partial charge is 0.356 e. The molecule has 0 aliphatic carbocycles. The molecule has 106 valence electrons. The van der Waals surface area contributed by atoms with Gasteiger partial charge in [-0.3, -0.25) is 0 Å². The summed E-state index contributed by atoms with van der Waals surface area (Å²) in [7, 11) is 0. The molecule has 2 rings (SSSR count). The van der Waals surface area contributed by atoms with Gasteiger partial charge in [0.2, 0.25) is 0 Å². The fourth-order valence-corrected chi connectivity index (χ4v) is 2.55. The first-order valence-corrected chi connectivity index (χ1v) is 7.24. The average Bonchev–Trinajstić information content (AvgIpc) is 2.42. The summed E-state index contributed by atoms with van der Waals surface area (Å²) in [5.74, 6) is 9.09. The number of hydrazine groups is 1. The molecule has 0 atom stereocenters. The molecule has 5 heteroatoms. The van der Waals surface area contributed by atoms with E-state index in [2.05, 4.69) is 29.2 Å². The van der Waals surface area contributed by atoms with Crippen molar-refractivity contribution in [3.8, 4) is 0 Å². The van der Waals surface area contributed by atoms with Crippen molar-refractivity contribution >= 4 is 11.6 Å². The van der Waals surface area contributed by atoms with Crippen LogP contribution in [0.4, 0.5) is 11.6 Å². The number of hydrogen-bond acceptors (Lipinski definition) is 5. The molecule has 1 fully saturated rings. The van der Waals surface area contributed by atoms with Gasteiger partial charge in [0.1, 0.15) is 17.5 Å². The number of aromatic nitrogens is 2.